The Balaban J connectivity index is 1.61. The Hall–Kier alpha value is -2.41. The van der Waals surface area contributed by atoms with Crippen LogP contribution < -0.4 is 4.90 Å². The molecule has 1 amide bonds. The second kappa shape index (κ2) is 7.44. The number of furan rings is 1. The van der Waals surface area contributed by atoms with Gasteiger partial charge in [0.25, 0.3) is 0 Å². The first-order valence-corrected chi connectivity index (χ1v) is 8.04. The van der Waals surface area contributed by atoms with E-state index in [9.17, 15) is 4.79 Å². The predicted octanol–water partition coefficient (Wildman–Crippen LogP) is 1.67. The Morgan fingerprint density at radius 3 is 3.04 bits per heavy atom. The molecule has 0 saturated carbocycles. The van der Waals surface area contributed by atoms with Crippen LogP contribution in [0.4, 0.5) is 5.95 Å². The summed E-state index contributed by atoms with van der Waals surface area (Å²) in [5.74, 6) is 0.769. The number of rotatable bonds is 5. The van der Waals surface area contributed by atoms with Crippen molar-refractivity contribution in [2.45, 2.75) is 18.9 Å². The highest BCUT2D eigenvalue weighted by Gasteiger charge is 2.26. The van der Waals surface area contributed by atoms with E-state index in [1.165, 1.54) is 0 Å². The highest BCUT2D eigenvalue weighted by Crippen LogP contribution is 2.22. The molecular formula is C17H22N4O3. The summed E-state index contributed by atoms with van der Waals surface area (Å²) < 4.78 is 10.8. The van der Waals surface area contributed by atoms with Crippen molar-refractivity contribution in [3.05, 3.63) is 42.1 Å². The zero-order valence-electron chi connectivity index (χ0n) is 14.0. The van der Waals surface area contributed by atoms with Crippen LogP contribution in [0.2, 0.25) is 0 Å². The molecule has 1 saturated heterocycles. The molecule has 2 aromatic rings. The van der Waals surface area contributed by atoms with Crippen LogP contribution in [0.1, 0.15) is 23.8 Å². The normalized spacial score (nSPS) is 17.8. The third-order valence-electron chi connectivity index (χ3n) is 4.02. The van der Waals surface area contributed by atoms with Gasteiger partial charge in [0, 0.05) is 33.3 Å². The Labute approximate surface area is 141 Å². The van der Waals surface area contributed by atoms with Crippen molar-refractivity contribution in [1.29, 1.82) is 0 Å². The number of carbonyl (C=O) groups is 1. The minimum absolute atomic E-state index is 0.131. The van der Waals surface area contributed by atoms with Gasteiger partial charge in [-0.25, -0.2) is 9.97 Å². The summed E-state index contributed by atoms with van der Waals surface area (Å²) in [5, 5.41) is 0. The quantitative estimate of drug-likeness (QED) is 0.830. The number of amides is 1. The van der Waals surface area contributed by atoms with Gasteiger partial charge in [-0.15, -0.1) is 0 Å². The largest absolute Gasteiger partial charge is 0.472 e. The van der Waals surface area contributed by atoms with Gasteiger partial charge < -0.3 is 19.0 Å². The van der Waals surface area contributed by atoms with E-state index in [0.29, 0.717) is 38.5 Å². The molecule has 0 aromatic carbocycles. The molecule has 2 aromatic heterocycles. The highest BCUT2D eigenvalue weighted by atomic mass is 16.5. The SMILES string of the molecule is CN(C)c1nccc([C@H]2CN(C(=O)CCc3ccoc3)CCO2)n1. The van der Waals surface area contributed by atoms with Crippen LogP contribution in [0.5, 0.6) is 0 Å². The van der Waals surface area contributed by atoms with Crippen molar-refractivity contribution in [1.82, 2.24) is 14.9 Å². The van der Waals surface area contributed by atoms with Gasteiger partial charge in [-0.2, -0.15) is 0 Å². The second-order valence-corrected chi connectivity index (χ2v) is 6.01. The van der Waals surface area contributed by atoms with Crippen molar-refractivity contribution in [3.63, 3.8) is 0 Å². The fourth-order valence-corrected chi connectivity index (χ4v) is 2.66. The summed E-state index contributed by atoms with van der Waals surface area (Å²) in [7, 11) is 3.79. The lowest BCUT2D eigenvalue weighted by Gasteiger charge is -2.33. The van der Waals surface area contributed by atoms with Crippen molar-refractivity contribution in [3.8, 4) is 0 Å². The summed E-state index contributed by atoms with van der Waals surface area (Å²) in [6.45, 7) is 1.66. The minimum Gasteiger partial charge on any atom is -0.472 e. The van der Waals surface area contributed by atoms with Gasteiger partial charge in [-0.1, -0.05) is 0 Å². The molecule has 0 spiro atoms. The first-order chi connectivity index (χ1) is 11.6. The van der Waals surface area contributed by atoms with E-state index < -0.39 is 0 Å². The zero-order chi connectivity index (χ0) is 16.9. The molecule has 128 valence electrons. The third-order valence-corrected chi connectivity index (χ3v) is 4.02. The Kier molecular flexibility index (Phi) is 5.10. The second-order valence-electron chi connectivity index (χ2n) is 6.01. The first-order valence-electron chi connectivity index (χ1n) is 8.04. The number of morpholine rings is 1. The van der Waals surface area contributed by atoms with Gasteiger partial charge in [0.05, 0.1) is 31.4 Å². The average Bonchev–Trinajstić information content (AvgIpc) is 3.13. The van der Waals surface area contributed by atoms with E-state index in [1.54, 1.807) is 18.7 Å². The molecule has 7 nitrogen and oxygen atoms in total. The fourth-order valence-electron chi connectivity index (χ4n) is 2.66. The Morgan fingerprint density at radius 2 is 2.29 bits per heavy atom. The molecule has 0 unspecified atom stereocenters. The fraction of sp³-hybridized carbons (Fsp3) is 0.471. The van der Waals surface area contributed by atoms with E-state index in [2.05, 4.69) is 9.97 Å². The minimum atomic E-state index is -0.210. The summed E-state index contributed by atoms with van der Waals surface area (Å²) in [6.07, 6.45) is 5.98. The highest BCUT2D eigenvalue weighted by molar-refractivity contribution is 5.76. The van der Waals surface area contributed by atoms with Crippen molar-refractivity contribution >= 4 is 11.9 Å². The van der Waals surface area contributed by atoms with Gasteiger partial charge in [0.15, 0.2) is 0 Å². The van der Waals surface area contributed by atoms with Crippen LogP contribution in [0.15, 0.2) is 35.3 Å². The molecule has 3 heterocycles. The number of anilines is 1. The lowest BCUT2D eigenvalue weighted by molar-refractivity contribution is -0.139. The van der Waals surface area contributed by atoms with Crippen molar-refractivity contribution < 1.29 is 13.9 Å². The zero-order valence-corrected chi connectivity index (χ0v) is 14.0. The molecule has 0 N–H and O–H groups in total. The standard InChI is InChI=1S/C17H22N4O3/c1-20(2)17-18-7-5-14(19-17)15-11-21(8-10-24-15)16(22)4-3-13-6-9-23-12-13/h5-7,9,12,15H,3-4,8,10-11H2,1-2H3/t15-/m1/s1. The van der Waals surface area contributed by atoms with Crippen LogP contribution in [-0.2, 0) is 16.0 Å². The van der Waals surface area contributed by atoms with Crippen LogP contribution in [0.25, 0.3) is 0 Å². The van der Waals surface area contributed by atoms with Gasteiger partial charge in [-0.3, -0.25) is 4.79 Å². The number of carbonyl (C=O) groups excluding carboxylic acids is 1. The van der Waals surface area contributed by atoms with E-state index in [0.717, 1.165) is 11.3 Å². The van der Waals surface area contributed by atoms with Crippen molar-refractivity contribution in [2.75, 3.05) is 38.7 Å². The summed E-state index contributed by atoms with van der Waals surface area (Å²) >= 11 is 0. The van der Waals surface area contributed by atoms with E-state index in [-0.39, 0.29) is 12.0 Å². The Morgan fingerprint density at radius 1 is 1.42 bits per heavy atom. The van der Waals surface area contributed by atoms with Crippen LogP contribution in [0.3, 0.4) is 0 Å². The van der Waals surface area contributed by atoms with Gasteiger partial charge in [-0.05, 0) is 24.1 Å². The summed E-state index contributed by atoms with van der Waals surface area (Å²) in [6, 6.07) is 3.73. The maximum atomic E-state index is 12.4. The number of hydrogen-bond acceptors (Lipinski definition) is 6. The molecule has 0 bridgehead atoms. The molecule has 0 radical (unpaired) electrons. The summed E-state index contributed by atoms with van der Waals surface area (Å²) in [5.41, 5.74) is 1.85. The van der Waals surface area contributed by atoms with Crippen LogP contribution in [-0.4, -0.2) is 54.6 Å². The number of aromatic nitrogens is 2. The number of aryl methyl sites for hydroxylation is 1. The van der Waals surface area contributed by atoms with Gasteiger partial charge >= 0.3 is 0 Å². The van der Waals surface area contributed by atoms with E-state index in [1.807, 2.05) is 36.0 Å². The molecule has 7 heteroatoms. The first kappa shape index (κ1) is 16.4. The molecule has 1 aliphatic rings. The van der Waals surface area contributed by atoms with Crippen LogP contribution >= 0.6 is 0 Å². The lowest BCUT2D eigenvalue weighted by atomic mass is 10.1. The number of nitrogens with zero attached hydrogens (tertiary/aromatic N) is 4. The molecule has 24 heavy (non-hydrogen) atoms. The average molecular weight is 330 g/mol. The number of hydrogen-bond donors (Lipinski definition) is 0. The topological polar surface area (TPSA) is 71.7 Å². The summed E-state index contributed by atoms with van der Waals surface area (Å²) in [4.78, 5) is 24.9. The monoisotopic (exact) mass is 330 g/mol. The maximum absolute atomic E-state index is 12.4. The van der Waals surface area contributed by atoms with Crippen LogP contribution in [0, 0.1) is 0 Å². The van der Waals surface area contributed by atoms with Gasteiger partial charge in [0.1, 0.15) is 6.10 Å². The van der Waals surface area contributed by atoms with Crippen molar-refractivity contribution in [2.24, 2.45) is 0 Å². The predicted molar refractivity (Wildman–Crippen MR) is 88.7 cm³/mol. The van der Waals surface area contributed by atoms with E-state index in [4.69, 9.17) is 9.15 Å². The molecular weight excluding hydrogens is 308 g/mol. The lowest BCUT2D eigenvalue weighted by Crippen LogP contribution is -2.42. The Bertz CT molecular complexity index is 672. The molecule has 3 rings (SSSR count). The molecule has 0 aliphatic carbocycles. The maximum Gasteiger partial charge on any atom is 0.225 e. The molecule has 1 fully saturated rings. The number of ether oxygens (including phenoxy) is 1. The third kappa shape index (κ3) is 3.91. The smallest absolute Gasteiger partial charge is 0.225 e. The molecule has 1 aliphatic heterocycles. The van der Waals surface area contributed by atoms with E-state index >= 15 is 0 Å². The molecule has 1 atom stereocenters. The van der Waals surface area contributed by atoms with Gasteiger partial charge in [0.2, 0.25) is 11.9 Å².